The third-order valence-corrected chi connectivity index (χ3v) is 4.39. The summed E-state index contributed by atoms with van der Waals surface area (Å²) in [4.78, 5) is 30.3. The minimum Gasteiger partial charge on any atom is -0.465 e. The number of aromatic nitrogens is 1. The highest BCUT2D eigenvalue weighted by Crippen LogP contribution is 2.34. The third kappa shape index (κ3) is 3.59. The molecule has 0 aromatic carbocycles. The van der Waals surface area contributed by atoms with Crippen molar-refractivity contribution in [3.63, 3.8) is 0 Å². The molecule has 0 aliphatic heterocycles. The molecule has 2 aromatic heterocycles. The number of hydrogen-bond acceptors (Lipinski definition) is 6. The van der Waals surface area contributed by atoms with E-state index in [-0.39, 0.29) is 19.6 Å². The van der Waals surface area contributed by atoms with Crippen LogP contribution in [0.1, 0.15) is 24.4 Å². The number of carbonyl (C=O) groups is 2. The monoisotopic (exact) mass is 333 g/mol. The van der Waals surface area contributed by atoms with Gasteiger partial charge in [0, 0.05) is 23.2 Å². The molecule has 0 amide bonds. The van der Waals surface area contributed by atoms with Gasteiger partial charge in [-0.25, -0.2) is 0 Å². The van der Waals surface area contributed by atoms with Gasteiger partial charge in [-0.15, -0.1) is 11.3 Å². The van der Waals surface area contributed by atoms with Gasteiger partial charge in [-0.2, -0.15) is 0 Å². The maximum Gasteiger partial charge on any atom is 0.329 e. The summed E-state index contributed by atoms with van der Waals surface area (Å²) in [6.07, 6.45) is 1.73. The van der Waals surface area contributed by atoms with Crippen molar-refractivity contribution in [2.24, 2.45) is 0 Å². The minimum atomic E-state index is -1.52. The largest absolute Gasteiger partial charge is 0.465 e. The highest BCUT2D eigenvalue weighted by Gasteiger charge is 2.51. The number of hydrogen-bond donors (Lipinski definition) is 0. The number of esters is 2. The van der Waals surface area contributed by atoms with Crippen LogP contribution in [-0.2, 0) is 30.9 Å². The summed E-state index contributed by atoms with van der Waals surface area (Å²) in [7, 11) is 0. The van der Waals surface area contributed by atoms with Crippen LogP contribution in [-0.4, -0.2) is 30.1 Å². The summed E-state index contributed by atoms with van der Waals surface area (Å²) in [5, 5.41) is 1.82. The molecule has 0 unspecified atom stereocenters. The summed E-state index contributed by atoms with van der Waals surface area (Å²) >= 11 is 1.33. The van der Waals surface area contributed by atoms with E-state index >= 15 is 0 Å². The summed E-state index contributed by atoms with van der Waals surface area (Å²) < 4.78 is 10.4. The molecule has 2 aromatic rings. The second-order valence-corrected chi connectivity index (χ2v) is 5.77. The molecule has 0 saturated carbocycles. The van der Waals surface area contributed by atoms with Gasteiger partial charge in [-0.1, -0.05) is 12.1 Å². The molecule has 0 bridgehead atoms. The Morgan fingerprint density at radius 3 is 2.26 bits per heavy atom. The third-order valence-electron chi connectivity index (χ3n) is 3.36. The molecule has 0 radical (unpaired) electrons. The topological polar surface area (TPSA) is 65.5 Å². The summed E-state index contributed by atoms with van der Waals surface area (Å²) in [6, 6.07) is 8.93. The van der Waals surface area contributed by atoms with Crippen molar-refractivity contribution in [3.8, 4) is 0 Å². The lowest BCUT2D eigenvalue weighted by Gasteiger charge is -2.28. The Kier molecular flexibility index (Phi) is 5.87. The van der Waals surface area contributed by atoms with Crippen LogP contribution in [0.5, 0.6) is 0 Å². The number of ether oxygens (including phenoxy) is 2. The maximum absolute atomic E-state index is 12.7. The summed E-state index contributed by atoms with van der Waals surface area (Å²) in [6.45, 7) is 3.80. The Bertz CT molecular complexity index is 622. The molecule has 0 saturated heterocycles. The van der Waals surface area contributed by atoms with E-state index in [0.717, 1.165) is 0 Å². The van der Waals surface area contributed by atoms with Crippen LogP contribution in [0.2, 0.25) is 0 Å². The lowest BCUT2D eigenvalue weighted by molar-refractivity contribution is -0.164. The number of carbonyl (C=O) groups excluding carboxylic acids is 2. The van der Waals surface area contributed by atoms with E-state index in [1.807, 2.05) is 11.4 Å². The SMILES string of the molecule is CCOC(=O)C(Cc1ccccn1)(C(=O)OCC)c1cccs1. The molecule has 2 heterocycles. The molecule has 5 nitrogen and oxygen atoms in total. The molecule has 0 atom stereocenters. The Morgan fingerprint density at radius 2 is 1.78 bits per heavy atom. The second kappa shape index (κ2) is 7.87. The van der Waals surface area contributed by atoms with Crippen LogP contribution in [0.15, 0.2) is 41.9 Å². The van der Waals surface area contributed by atoms with Crippen molar-refractivity contribution in [2.75, 3.05) is 13.2 Å². The van der Waals surface area contributed by atoms with Gasteiger partial charge in [-0.3, -0.25) is 14.6 Å². The first-order valence-corrected chi connectivity index (χ1v) is 8.31. The van der Waals surface area contributed by atoms with E-state index in [0.29, 0.717) is 10.6 Å². The number of nitrogens with zero attached hydrogens (tertiary/aromatic N) is 1. The zero-order valence-corrected chi connectivity index (χ0v) is 14.0. The maximum atomic E-state index is 12.7. The molecule has 0 spiro atoms. The van der Waals surface area contributed by atoms with Crippen LogP contribution >= 0.6 is 11.3 Å². The normalized spacial score (nSPS) is 11.0. The van der Waals surface area contributed by atoms with Gasteiger partial charge in [-0.05, 0) is 37.4 Å². The lowest BCUT2D eigenvalue weighted by atomic mass is 9.81. The molecule has 2 rings (SSSR count). The van der Waals surface area contributed by atoms with Gasteiger partial charge < -0.3 is 9.47 Å². The smallest absolute Gasteiger partial charge is 0.329 e. The summed E-state index contributed by atoms with van der Waals surface area (Å²) in [5.74, 6) is -1.21. The van der Waals surface area contributed by atoms with Crippen LogP contribution in [0.3, 0.4) is 0 Å². The van der Waals surface area contributed by atoms with Crippen LogP contribution in [0.25, 0.3) is 0 Å². The molecule has 23 heavy (non-hydrogen) atoms. The lowest BCUT2D eigenvalue weighted by Crippen LogP contribution is -2.47. The number of rotatable bonds is 7. The molecule has 0 fully saturated rings. The van der Waals surface area contributed by atoms with E-state index in [2.05, 4.69) is 4.98 Å². The molecule has 6 heteroatoms. The van der Waals surface area contributed by atoms with Crippen molar-refractivity contribution >= 4 is 23.3 Å². The number of thiophene rings is 1. The number of pyridine rings is 1. The van der Waals surface area contributed by atoms with Crippen molar-refractivity contribution < 1.29 is 19.1 Å². The van der Waals surface area contributed by atoms with Gasteiger partial charge in [0.05, 0.1) is 13.2 Å². The fraction of sp³-hybridized carbons (Fsp3) is 0.353. The summed E-state index contributed by atoms with van der Waals surface area (Å²) in [5.41, 5.74) is -0.892. The predicted molar refractivity (Wildman–Crippen MR) is 87.2 cm³/mol. The zero-order valence-electron chi connectivity index (χ0n) is 13.2. The van der Waals surface area contributed by atoms with Crippen LogP contribution in [0, 0.1) is 0 Å². The Hall–Kier alpha value is -2.21. The van der Waals surface area contributed by atoms with Crippen molar-refractivity contribution in [2.45, 2.75) is 25.7 Å². The van der Waals surface area contributed by atoms with Crippen molar-refractivity contribution in [1.29, 1.82) is 0 Å². The fourth-order valence-corrected chi connectivity index (χ4v) is 3.22. The molecular weight excluding hydrogens is 314 g/mol. The van der Waals surface area contributed by atoms with Crippen molar-refractivity contribution in [1.82, 2.24) is 4.98 Å². The molecule has 0 aliphatic rings. The van der Waals surface area contributed by atoms with Crippen molar-refractivity contribution in [3.05, 3.63) is 52.5 Å². The average molecular weight is 333 g/mol. The van der Waals surface area contributed by atoms with E-state index in [1.165, 1.54) is 11.3 Å². The van der Waals surface area contributed by atoms with E-state index in [4.69, 9.17) is 9.47 Å². The standard InChI is InChI=1S/C17H19NO4S/c1-3-21-15(19)17(16(20)22-4-2,14-9-7-11-23-14)12-13-8-5-6-10-18-13/h5-11H,3-4,12H2,1-2H3. The quantitative estimate of drug-likeness (QED) is 0.576. The molecule has 0 aliphatic carbocycles. The van der Waals surface area contributed by atoms with Gasteiger partial charge in [0.15, 0.2) is 0 Å². The first kappa shape index (κ1) is 17.1. The minimum absolute atomic E-state index is 0.103. The average Bonchev–Trinajstić information content (AvgIpc) is 3.08. The van der Waals surface area contributed by atoms with Gasteiger partial charge in [0.2, 0.25) is 5.41 Å². The van der Waals surface area contributed by atoms with E-state index < -0.39 is 17.4 Å². The Balaban J connectivity index is 2.53. The van der Waals surface area contributed by atoms with Gasteiger partial charge in [0.25, 0.3) is 0 Å². The first-order valence-electron chi connectivity index (χ1n) is 7.43. The van der Waals surface area contributed by atoms with Gasteiger partial charge >= 0.3 is 11.9 Å². The molecule has 0 N–H and O–H groups in total. The zero-order chi connectivity index (χ0) is 16.7. The van der Waals surface area contributed by atoms with E-state index in [9.17, 15) is 9.59 Å². The highest BCUT2D eigenvalue weighted by atomic mass is 32.1. The fourth-order valence-electron chi connectivity index (χ4n) is 2.32. The van der Waals surface area contributed by atoms with Gasteiger partial charge in [0.1, 0.15) is 0 Å². The Labute approximate surface area is 139 Å². The van der Waals surface area contributed by atoms with E-state index in [1.54, 1.807) is 44.3 Å². The first-order chi connectivity index (χ1) is 11.1. The van der Waals surface area contributed by atoms with Crippen LogP contribution < -0.4 is 0 Å². The predicted octanol–water partition coefficient (Wildman–Crippen LogP) is 2.75. The highest BCUT2D eigenvalue weighted by molar-refractivity contribution is 7.10. The van der Waals surface area contributed by atoms with Crippen LogP contribution in [0.4, 0.5) is 0 Å². The molecule has 122 valence electrons. The Morgan fingerprint density at radius 1 is 1.09 bits per heavy atom. The second-order valence-electron chi connectivity index (χ2n) is 4.82. The molecular formula is C17H19NO4S.